The van der Waals surface area contributed by atoms with Crippen molar-refractivity contribution in [2.45, 2.75) is 38.3 Å². The Bertz CT molecular complexity index is 1180. The number of aryl methyl sites for hydroxylation is 1. The summed E-state index contributed by atoms with van der Waals surface area (Å²) in [6, 6.07) is 8.08. The smallest absolute Gasteiger partial charge is 0.271 e. The molecule has 1 aromatic carbocycles. The summed E-state index contributed by atoms with van der Waals surface area (Å²) in [4.78, 5) is 25.3. The summed E-state index contributed by atoms with van der Waals surface area (Å²) < 4.78 is 9.35. The van der Waals surface area contributed by atoms with Crippen LogP contribution in [0.5, 0.6) is 5.75 Å². The molecule has 0 aliphatic carbocycles. The molecule has 4 aromatic rings. The van der Waals surface area contributed by atoms with E-state index in [1.807, 2.05) is 52.8 Å². The fraction of sp³-hybridized carbons (Fsp3) is 0.348. The summed E-state index contributed by atoms with van der Waals surface area (Å²) in [5.74, 6) is 0.885. The van der Waals surface area contributed by atoms with Crippen molar-refractivity contribution in [3.8, 4) is 17.0 Å². The van der Waals surface area contributed by atoms with E-state index in [2.05, 4.69) is 14.5 Å². The zero-order chi connectivity index (χ0) is 21.2. The normalized spacial score (nSPS) is 16.7. The number of hydrogen-bond acceptors (Lipinski definition) is 5. The van der Waals surface area contributed by atoms with Gasteiger partial charge in [0, 0.05) is 48.7 Å². The van der Waals surface area contributed by atoms with E-state index in [0.29, 0.717) is 5.69 Å². The van der Waals surface area contributed by atoms with E-state index in [4.69, 9.17) is 9.72 Å². The van der Waals surface area contributed by atoms with Gasteiger partial charge in [-0.15, -0.1) is 11.3 Å². The SMILES string of the molecule is COc1cccc(-c2cn3c(C(=O)N4CCCC[C@H]4CCn4ccnc4)csc3n2)c1. The number of fused-ring (bicyclic) bond motifs is 1. The number of carbonyl (C=O) groups is 1. The zero-order valence-electron chi connectivity index (χ0n) is 17.5. The largest absolute Gasteiger partial charge is 0.497 e. The van der Waals surface area contributed by atoms with Crippen molar-refractivity contribution in [1.29, 1.82) is 0 Å². The van der Waals surface area contributed by atoms with E-state index in [-0.39, 0.29) is 11.9 Å². The van der Waals surface area contributed by atoms with Crippen molar-refractivity contribution in [2.75, 3.05) is 13.7 Å². The summed E-state index contributed by atoms with van der Waals surface area (Å²) in [6.45, 7) is 1.68. The Morgan fingerprint density at radius 2 is 2.26 bits per heavy atom. The molecule has 0 spiro atoms. The Morgan fingerprint density at radius 3 is 3.10 bits per heavy atom. The highest BCUT2D eigenvalue weighted by Gasteiger charge is 2.29. The monoisotopic (exact) mass is 435 g/mol. The number of imidazole rings is 2. The summed E-state index contributed by atoms with van der Waals surface area (Å²) in [7, 11) is 1.66. The third-order valence-corrected chi connectivity index (χ3v) is 6.80. The molecule has 0 saturated carbocycles. The van der Waals surface area contributed by atoms with Crippen molar-refractivity contribution >= 4 is 22.2 Å². The first-order chi connectivity index (χ1) is 15.2. The van der Waals surface area contributed by atoms with Crippen molar-refractivity contribution < 1.29 is 9.53 Å². The van der Waals surface area contributed by atoms with Crippen LogP contribution in [0.1, 0.15) is 36.2 Å². The fourth-order valence-electron chi connectivity index (χ4n) is 4.29. The Hall–Kier alpha value is -3.13. The molecule has 3 aromatic heterocycles. The number of hydrogen-bond donors (Lipinski definition) is 0. The Kier molecular flexibility index (Phi) is 5.46. The number of piperidine rings is 1. The van der Waals surface area contributed by atoms with E-state index >= 15 is 0 Å². The van der Waals surface area contributed by atoms with E-state index in [1.165, 1.54) is 17.8 Å². The second-order valence-corrected chi connectivity index (χ2v) is 8.71. The van der Waals surface area contributed by atoms with Crippen LogP contribution in [0.3, 0.4) is 0 Å². The molecule has 7 nitrogen and oxygen atoms in total. The van der Waals surface area contributed by atoms with Crippen LogP contribution in [0.4, 0.5) is 0 Å². The van der Waals surface area contributed by atoms with Gasteiger partial charge in [0.25, 0.3) is 5.91 Å². The minimum Gasteiger partial charge on any atom is -0.497 e. The molecular formula is C23H25N5O2S. The molecule has 0 bridgehead atoms. The highest BCUT2D eigenvalue weighted by atomic mass is 32.1. The molecule has 4 heterocycles. The van der Waals surface area contributed by atoms with Gasteiger partial charge in [-0.1, -0.05) is 12.1 Å². The highest BCUT2D eigenvalue weighted by Crippen LogP contribution is 2.28. The third kappa shape index (κ3) is 3.95. The Labute approximate surface area is 184 Å². The quantitative estimate of drug-likeness (QED) is 0.452. The molecule has 1 aliphatic heterocycles. The number of aromatic nitrogens is 4. The molecular weight excluding hydrogens is 410 g/mol. The Balaban J connectivity index is 1.39. The van der Waals surface area contributed by atoms with Gasteiger partial charge in [-0.25, -0.2) is 9.97 Å². The molecule has 1 aliphatic rings. The number of benzene rings is 1. The van der Waals surface area contributed by atoms with Crippen LogP contribution in [0.25, 0.3) is 16.2 Å². The predicted molar refractivity (Wildman–Crippen MR) is 121 cm³/mol. The van der Waals surface area contributed by atoms with Crippen LogP contribution in [0, 0.1) is 0 Å². The van der Waals surface area contributed by atoms with Crippen LogP contribution < -0.4 is 4.74 Å². The first kappa shape index (κ1) is 19.8. The van der Waals surface area contributed by atoms with Gasteiger partial charge >= 0.3 is 0 Å². The highest BCUT2D eigenvalue weighted by molar-refractivity contribution is 7.15. The average Bonchev–Trinajstić information content (AvgIpc) is 3.55. The van der Waals surface area contributed by atoms with Gasteiger partial charge < -0.3 is 14.2 Å². The number of thiazole rings is 1. The number of ether oxygens (including phenoxy) is 1. The molecule has 0 unspecified atom stereocenters. The van der Waals surface area contributed by atoms with E-state index < -0.39 is 0 Å². The molecule has 31 heavy (non-hydrogen) atoms. The van der Waals surface area contributed by atoms with Gasteiger partial charge in [0.15, 0.2) is 4.96 Å². The van der Waals surface area contributed by atoms with Gasteiger partial charge in [-0.2, -0.15) is 0 Å². The van der Waals surface area contributed by atoms with Crippen molar-refractivity contribution in [3.05, 3.63) is 60.3 Å². The zero-order valence-corrected chi connectivity index (χ0v) is 18.3. The number of likely N-dealkylation sites (tertiary alicyclic amines) is 1. The second-order valence-electron chi connectivity index (χ2n) is 7.87. The molecule has 1 fully saturated rings. The average molecular weight is 436 g/mol. The van der Waals surface area contributed by atoms with Crippen LogP contribution >= 0.6 is 11.3 Å². The first-order valence-corrected chi connectivity index (χ1v) is 11.5. The molecule has 1 atom stereocenters. The van der Waals surface area contributed by atoms with E-state index in [9.17, 15) is 4.79 Å². The minimum atomic E-state index is 0.0937. The predicted octanol–water partition coefficient (Wildman–Crippen LogP) is 4.35. The lowest BCUT2D eigenvalue weighted by Gasteiger charge is -2.35. The first-order valence-electron chi connectivity index (χ1n) is 10.6. The maximum absolute atomic E-state index is 13.5. The minimum absolute atomic E-state index is 0.0937. The molecule has 5 rings (SSSR count). The number of nitrogens with zero attached hydrogens (tertiary/aromatic N) is 5. The Morgan fingerprint density at radius 1 is 1.32 bits per heavy atom. The lowest BCUT2D eigenvalue weighted by Crippen LogP contribution is -2.44. The van der Waals surface area contributed by atoms with Crippen LogP contribution in [-0.4, -0.2) is 49.4 Å². The maximum Gasteiger partial charge on any atom is 0.271 e. The van der Waals surface area contributed by atoms with Crippen molar-refractivity contribution in [1.82, 2.24) is 23.8 Å². The van der Waals surface area contributed by atoms with Crippen LogP contribution in [-0.2, 0) is 6.54 Å². The molecule has 160 valence electrons. The third-order valence-electron chi connectivity index (χ3n) is 5.96. The summed E-state index contributed by atoms with van der Waals surface area (Å²) >= 11 is 1.51. The van der Waals surface area contributed by atoms with Gasteiger partial charge in [0.2, 0.25) is 0 Å². The molecule has 1 saturated heterocycles. The van der Waals surface area contributed by atoms with Crippen molar-refractivity contribution in [3.63, 3.8) is 0 Å². The molecule has 0 N–H and O–H groups in total. The van der Waals surface area contributed by atoms with E-state index in [0.717, 1.165) is 54.3 Å². The van der Waals surface area contributed by atoms with Crippen LogP contribution in [0.2, 0.25) is 0 Å². The van der Waals surface area contributed by atoms with Gasteiger partial charge in [0.05, 0.1) is 19.1 Å². The van der Waals surface area contributed by atoms with Gasteiger partial charge in [0.1, 0.15) is 11.4 Å². The van der Waals surface area contributed by atoms with Gasteiger partial charge in [-0.3, -0.25) is 9.20 Å². The standard InChI is InChI=1S/C23H25N5O2S/c1-30-19-7-4-5-17(13-19)20-14-28-21(15-31-23(28)25-20)22(29)27-10-3-2-6-18(27)8-11-26-12-9-24-16-26/h4-5,7,9,12-16,18H,2-3,6,8,10-11H2,1H3/t18-/m0/s1. The second kappa shape index (κ2) is 8.55. The number of amides is 1. The molecule has 8 heteroatoms. The summed E-state index contributed by atoms with van der Waals surface area (Å²) in [5, 5.41) is 1.93. The topological polar surface area (TPSA) is 64.7 Å². The number of carbonyl (C=O) groups excluding carboxylic acids is 1. The lowest BCUT2D eigenvalue weighted by atomic mass is 9.99. The van der Waals surface area contributed by atoms with Crippen molar-refractivity contribution in [2.24, 2.45) is 0 Å². The van der Waals surface area contributed by atoms with Gasteiger partial charge in [-0.05, 0) is 37.8 Å². The number of methoxy groups -OCH3 is 1. The molecule has 1 amide bonds. The summed E-state index contributed by atoms with van der Waals surface area (Å²) in [6.07, 6.45) is 11.8. The van der Waals surface area contributed by atoms with E-state index in [1.54, 1.807) is 13.3 Å². The van der Waals surface area contributed by atoms with Crippen LogP contribution in [0.15, 0.2) is 54.6 Å². The maximum atomic E-state index is 13.5. The summed E-state index contributed by atoms with van der Waals surface area (Å²) in [5.41, 5.74) is 2.51. The fourth-order valence-corrected chi connectivity index (χ4v) is 5.14. The lowest BCUT2D eigenvalue weighted by molar-refractivity contribution is 0.0588. The molecule has 0 radical (unpaired) electrons. The number of rotatable bonds is 6.